The van der Waals surface area contributed by atoms with E-state index in [4.69, 9.17) is 23.7 Å². The summed E-state index contributed by atoms with van der Waals surface area (Å²) in [5.74, 6) is -1.34. The number of hydrogen-bond acceptors (Lipinski definition) is 8. The molecule has 2 aliphatic carbocycles. The number of allylic oxidation sites excluding steroid dienone is 1. The lowest BCUT2D eigenvalue weighted by molar-refractivity contribution is -0.233. The van der Waals surface area contributed by atoms with Crippen LogP contribution in [0.2, 0.25) is 0 Å². The fourth-order valence-electron chi connectivity index (χ4n) is 5.88. The van der Waals surface area contributed by atoms with Gasteiger partial charge in [-0.3, -0.25) is 14.4 Å². The van der Waals surface area contributed by atoms with Crippen molar-refractivity contribution in [2.24, 2.45) is 10.8 Å². The highest BCUT2D eigenvalue weighted by Gasteiger charge is 2.86. The third-order valence-corrected chi connectivity index (χ3v) is 7.36. The molecule has 0 aromatic heterocycles. The van der Waals surface area contributed by atoms with Gasteiger partial charge in [0, 0.05) is 26.2 Å². The van der Waals surface area contributed by atoms with Gasteiger partial charge in [0.05, 0.1) is 18.1 Å². The second-order valence-corrected chi connectivity index (χ2v) is 8.91. The van der Waals surface area contributed by atoms with E-state index in [0.29, 0.717) is 13.0 Å². The van der Waals surface area contributed by atoms with E-state index in [1.807, 2.05) is 13.8 Å². The number of fused-ring (bicyclic) bond motifs is 2. The van der Waals surface area contributed by atoms with Gasteiger partial charge in [-0.15, -0.1) is 0 Å². The molecule has 2 aliphatic heterocycles. The van der Waals surface area contributed by atoms with Gasteiger partial charge in [-0.2, -0.15) is 0 Å². The lowest BCUT2D eigenvalue weighted by Gasteiger charge is -2.57. The molecule has 2 heterocycles. The third-order valence-electron chi connectivity index (χ3n) is 7.36. The molecule has 1 saturated carbocycles. The summed E-state index contributed by atoms with van der Waals surface area (Å²) in [6.07, 6.45) is 1.00. The van der Waals surface area contributed by atoms with Crippen molar-refractivity contribution in [1.82, 2.24) is 0 Å². The quantitative estimate of drug-likeness (QED) is 0.300. The van der Waals surface area contributed by atoms with Crippen LogP contribution in [0.1, 0.15) is 47.5 Å². The molecular formula is C21H28O8. The summed E-state index contributed by atoms with van der Waals surface area (Å²) in [4.78, 5) is 35.6. The van der Waals surface area contributed by atoms with Gasteiger partial charge in [0.2, 0.25) is 0 Å². The monoisotopic (exact) mass is 408 g/mol. The second kappa shape index (κ2) is 6.54. The smallest absolute Gasteiger partial charge is 0.303 e. The molecule has 0 aromatic rings. The number of carbonyl (C=O) groups is 3. The number of esters is 3. The van der Waals surface area contributed by atoms with Crippen LogP contribution >= 0.6 is 0 Å². The molecule has 4 aliphatic rings. The first-order valence-corrected chi connectivity index (χ1v) is 10.0. The first-order chi connectivity index (χ1) is 13.6. The first-order valence-electron chi connectivity index (χ1n) is 10.0. The molecule has 1 spiro atoms. The van der Waals surface area contributed by atoms with E-state index in [2.05, 4.69) is 6.08 Å². The van der Waals surface area contributed by atoms with Gasteiger partial charge in [0.25, 0.3) is 0 Å². The minimum atomic E-state index is -0.794. The molecule has 7 atom stereocenters. The summed E-state index contributed by atoms with van der Waals surface area (Å²) in [6, 6.07) is 0. The molecule has 160 valence electrons. The Morgan fingerprint density at radius 3 is 2.34 bits per heavy atom. The van der Waals surface area contributed by atoms with Crippen LogP contribution in [-0.4, -0.2) is 61.1 Å². The van der Waals surface area contributed by atoms with Crippen molar-refractivity contribution in [3.63, 3.8) is 0 Å². The van der Waals surface area contributed by atoms with Gasteiger partial charge in [-0.05, 0) is 19.8 Å². The largest absolute Gasteiger partial charge is 0.465 e. The highest BCUT2D eigenvalue weighted by Crippen LogP contribution is 2.72. The van der Waals surface area contributed by atoms with E-state index < -0.39 is 46.7 Å². The maximum Gasteiger partial charge on any atom is 0.303 e. The number of hydrogen-bond donors (Lipinski definition) is 0. The Kier molecular flexibility index (Phi) is 4.59. The lowest BCUT2D eigenvalue weighted by Crippen LogP contribution is -2.66. The zero-order valence-electron chi connectivity index (χ0n) is 17.5. The fourth-order valence-corrected chi connectivity index (χ4v) is 5.88. The molecule has 4 rings (SSSR count). The zero-order chi connectivity index (χ0) is 21.2. The molecule has 29 heavy (non-hydrogen) atoms. The van der Waals surface area contributed by atoms with Crippen LogP contribution in [0.25, 0.3) is 0 Å². The molecule has 0 radical (unpaired) electrons. The van der Waals surface area contributed by atoms with E-state index in [1.54, 1.807) is 0 Å². The van der Waals surface area contributed by atoms with Gasteiger partial charge in [-0.1, -0.05) is 18.6 Å². The summed E-state index contributed by atoms with van der Waals surface area (Å²) in [7, 11) is 0. The van der Waals surface area contributed by atoms with Crippen LogP contribution < -0.4 is 0 Å². The minimum absolute atomic E-state index is 0.107. The van der Waals surface area contributed by atoms with Crippen LogP contribution in [-0.2, 0) is 38.1 Å². The molecule has 0 N–H and O–H groups in total. The molecule has 2 saturated heterocycles. The van der Waals surface area contributed by atoms with Gasteiger partial charge in [0.1, 0.15) is 18.3 Å². The normalized spacial score (nSPS) is 44.5. The van der Waals surface area contributed by atoms with E-state index >= 15 is 0 Å². The third kappa shape index (κ3) is 2.68. The number of ether oxygens (including phenoxy) is 5. The predicted molar refractivity (Wildman–Crippen MR) is 98.6 cm³/mol. The van der Waals surface area contributed by atoms with Crippen LogP contribution in [0.15, 0.2) is 11.6 Å². The van der Waals surface area contributed by atoms with Gasteiger partial charge in [-0.25, -0.2) is 0 Å². The van der Waals surface area contributed by atoms with Crippen molar-refractivity contribution >= 4 is 17.9 Å². The summed E-state index contributed by atoms with van der Waals surface area (Å²) in [5, 5.41) is 0. The highest BCUT2D eigenvalue weighted by atomic mass is 16.7. The molecule has 8 heteroatoms. The maximum atomic E-state index is 12.0. The van der Waals surface area contributed by atoms with Gasteiger partial charge in [0.15, 0.2) is 12.2 Å². The lowest BCUT2D eigenvalue weighted by atomic mass is 9.51. The van der Waals surface area contributed by atoms with Gasteiger partial charge < -0.3 is 23.7 Å². The summed E-state index contributed by atoms with van der Waals surface area (Å²) in [6.45, 7) is 8.57. The molecule has 3 fully saturated rings. The van der Waals surface area contributed by atoms with E-state index in [9.17, 15) is 14.4 Å². The molecule has 8 nitrogen and oxygen atoms in total. The van der Waals surface area contributed by atoms with Crippen molar-refractivity contribution in [3.8, 4) is 0 Å². The van der Waals surface area contributed by atoms with Crippen molar-refractivity contribution in [3.05, 3.63) is 11.6 Å². The minimum Gasteiger partial charge on any atom is -0.465 e. The summed E-state index contributed by atoms with van der Waals surface area (Å²) < 4.78 is 29.4. The van der Waals surface area contributed by atoms with E-state index in [1.165, 1.54) is 26.3 Å². The molecule has 0 aromatic carbocycles. The Hall–Kier alpha value is -1.93. The van der Waals surface area contributed by atoms with Crippen molar-refractivity contribution in [2.75, 3.05) is 13.2 Å². The first kappa shape index (κ1) is 20.3. The number of epoxide rings is 1. The maximum absolute atomic E-state index is 12.0. The Morgan fingerprint density at radius 2 is 1.79 bits per heavy atom. The molecule has 0 amide bonds. The van der Waals surface area contributed by atoms with E-state index in [0.717, 1.165) is 6.42 Å². The van der Waals surface area contributed by atoms with Gasteiger partial charge >= 0.3 is 17.9 Å². The average Bonchev–Trinajstić information content (AvgIpc) is 3.40. The van der Waals surface area contributed by atoms with Crippen LogP contribution in [0.4, 0.5) is 0 Å². The Bertz CT molecular complexity index is 784. The number of carbonyl (C=O) groups excluding carboxylic acids is 3. The standard InChI is InChI=1S/C21H28O8/c1-11-6-7-20(9-25-12(2)22)15(8-11)29-18-16(27-13(3)23)17(28-14(4)24)19(20,5)21(18)10-26-21/h8,15-18H,6-7,9-10H2,1-5H3/t15?,16-,17?,18-,19-,20?,21-/m0/s1. The number of rotatable bonds is 4. The second-order valence-electron chi connectivity index (χ2n) is 8.91. The van der Waals surface area contributed by atoms with E-state index in [-0.39, 0.29) is 18.7 Å². The molecule has 2 bridgehead atoms. The predicted octanol–water partition coefficient (Wildman–Crippen LogP) is 1.70. The van der Waals surface area contributed by atoms with Crippen LogP contribution in [0, 0.1) is 10.8 Å². The Morgan fingerprint density at radius 1 is 1.14 bits per heavy atom. The van der Waals surface area contributed by atoms with Crippen molar-refractivity contribution < 1.29 is 38.1 Å². The average molecular weight is 408 g/mol. The molecular weight excluding hydrogens is 380 g/mol. The van der Waals surface area contributed by atoms with Crippen molar-refractivity contribution in [2.45, 2.75) is 77.5 Å². The zero-order valence-corrected chi connectivity index (χ0v) is 17.5. The SMILES string of the molecule is CC(=O)OCC12CCC(C)=CC1O[C@H]1[C@@H](OC(C)=O)C(OC(C)=O)[C@]2(C)[C@]12CO2. The van der Waals surface area contributed by atoms with Crippen LogP contribution in [0.5, 0.6) is 0 Å². The topological polar surface area (TPSA) is 101 Å². The Labute approximate surface area is 169 Å². The fraction of sp³-hybridized carbons (Fsp3) is 0.762. The highest BCUT2D eigenvalue weighted by molar-refractivity contribution is 5.68. The van der Waals surface area contributed by atoms with Crippen LogP contribution in [0.3, 0.4) is 0 Å². The van der Waals surface area contributed by atoms with Crippen molar-refractivity contribution in [1.29, 1.82) is 0 Å². The summed E-state index contributed by atoms with van der Waals surface area (Å²) in [5.41, 5.74) is -1.04. The Balaban J connectivity index is 1.87. The molecule has 3 unspecified atom stereocenters. The summed E-state index contributed by atoms with van der Waals surface area (Å²) >= 11 is 0.